The summed E-state index contributed by atoms with van der Waals surface area (Å²) in [4.78, 5) is 10.7. The molecule has 2 aliphatic heterocycles. The van der Waals surface area contributed by atoms with Gasteiger partial charge in [-0.25, -0.2) is 0 Å². The molecular weight excluding hydrogens is 242 g/mol. The number of benzene rings is 1. The third-order valence-corrected chi connectivity index (χ3v) is 4.18. The van der Waals surface area contributed by atoms with Gasteiger partial charge in [-0.2, -0.15) is 0 Å². The minimum Gasteiger partial charge on any atom is -0.377 e. The molecule has 2 saturated heterocycles. The SMILES string of the molecule is O=[N+]([O-])c1ccccc1NC1CC2CCCC(C1)N2. The van der Waals surface area contributed by atoms with Gasteiger partial charge in [0.25, 0.3) is 5.69 Å². The predicted octanol–water partition coefficient (Wildman–Crippen LogP) is 2.68. The van der Waals surface area contributed by atoms with Crippen molar-refractivity contribution in [2.24, 2.45) is 0 Å². The highest BCUT2D eigenvalue weighted by atomic mass is 16.6. The zero-order valence-electron chi connectivity index (χ0n) is 10.8. The van der Waals surface area contributed by atoms with Gasteiger partial charge < -0.3 is 10.6 Å². The van der Waals surface area contributed by atoms with Crippen molar-refractivity contribution in [1.82, 2.24) is 5.32 Å². The molecule has 2 atom stereocenters. The lowest BCUT2D eigenvalue weighted by Crippen LogP contribution is -2.52. The van der Waals surface area contributed by atoms with E-state index in [1.54, 1.807) is 18.2 Å². The summed E-state index contributed by atoms with van der Waals surface area (Å²) in [7, 11) is 0. The van der Waals surface area contributed by atoms with Gasteiger partial charge in [-0.05, 0) is 31.7 Å². The Kier molecular flexibility index (Phi) is 3.38. The summed E-state index contributed by atoms with van der Waals surface area (Å²) in [5.41, 5.74) is 0.823. The number of para-hydroxylation sites is 2. The summed E-state index contributed by atoms with van der Waals surface area (Å²) in [6, 6.07) is 8.41. The van der Waals surface area contributed by atoms with Crippen molar-refractivity contribution < 1.29 is 4.92 Å². The van der Waals surface area contributed by atoms with Gasteiger partial charge in [-0.15, -0.1) is 0 Å². The van der Waals surface area contributed by atoms with E-state index in [1.165, 1.54) is 19.3 Å². The molecule has 2 bridgehead atoms. The number of piperidine rings is 2. The summed E-state index contributed by atoms with van der Waals surface area (Å²) in [5.74, 6) is 0. The monoisotopic (exact) mass is 261 g/mol. The van der Waals surface area contributed by atoms with Gasteiger partial charge in [0.1, 0.15) is 5.69 Å². The van der Waals surface area contributed by atoms with Crippen LogP contribution in [0.25, 0.3) is 0 Å². The van der Waals surface area contributed by atoms with Gasteiger partial charge in [-0.1, -0.05) is 18.6 Å². The van der Waals surface area contributed by atoms with Crippen LogP contribution < -0.4 is 10.6 Å². The molecule has 3 rings (SSSR count). The third kappa shape index (κ3) is 2.71. The molecule has 0 amide bonds. The van der Waals surface area contributed by atoms with Gasteiger partial charge >= 0.3 is 0 Å². The number of nitrogens with zero attached hydrogens (tertiary/aromatic N) is 1. The van der Waals surface area contributed by atoms with Crippen molar-refractivity contribution in [1.29, 1.82) is 0 Å². The van der Waals surface area contributed by atoms with Crippen LogP contribution in [0.15, 0.2) is 24.3 Å². The summed E-state index contributed by atoms with van der Waals surface area (Å²) in [5, 5.41) is 18.0. The van der Waals surface area contributed by atoms with Crippen molar-refractivity contribution in [3.05, 3.63) is 34.4 Å². The highest BCUT2D eigenvalue weighted by molar-refractivity contribution is 5.61. The Labute approximate surface area is 112 Å². The van der Waals surface area contributed by atoms with Crippen LogP contribution in [0.3, 0.4) is 0 Å². The number of nitro benzene ring substituents is 1. The third-order valence-electron chi connectivity index (χ3n) is 4.18. The molecule has 5 heteroatoms. The molecule has 0 saturated carbocycles. The summed E-state index contributed by atoms with van der Waals surface area (Å²) in [6.07, 6.45) is 5.88. The summed E-state index contributed by atoms with van der Waals surface area (Å²) in [6.45, 7) is 0. The van der Waals surface area contributed by atoms with E-state index in [1.807, 2.05) is 6.07 Å². The van der Waals surface area contributed by atoms with E-state index in [0.717, 1.165) is 12.8 Å². The van der Waals surface area contributed by atoms with Crippen molar-refractivity contribution in [2.75, 3.05) is 5.32 Å². The second kappa shape index (κ2) is 5.17. The lowest BCUT2D eigenvalue weighted by atomic mass is 9.84. The number of anilines is 1. The van der Waals surface area contributed by atoms with Crippen molar-refractivity contribution in [2.45, 2.75) is 50.2 Å². The molecule has 2 N–H and O–H groups in total. The Balaban J connectivity index is 1.73. The molecule has 2 unspecified atom stereocenters. The van der Waals surface area contributed by atoms with Gasteiger partial charge in [0.15, 0.2) is 0 Å². The van der Waals surface area contributed by atoms with Crippen LogP contribution in [0.2, 0.25) is 0 Å². The minimum absolute atomic E-state index is 0.172. The first-order valence-corrected chi connectivity index (χ1v) is 6.98. The van der Waals surface area contributed by atoms with Crippen molar-refractivity contribution in [3.63, 3.8) is 0 Å². The number of nitrogens with one attached hydrogen (secondary N) is 2. The number of hydrogen-bond donors (Lipinski definition) is 2. The zero-order chi connectivity index (χ0) is 13.2. The fourth-order valence-electron chi connectivity index (χ4n) is 3.36. The predicted molar refractivity (Wildman–Crippen MR) is 74.3 cm³/mol. The molecule has 2 aliphatic rings. The van der Waals surface area contributed by atoms with Crippen LogP contribution in [0.5, 0.6) is 0 Å². The standard InChI is InChI=1S/C14H19N3O2/c18-17(19)14-7-2-1-6-13(14)16-12-8-10-4-3-5-11(9-12)15-10/h1-2,6-7,10-12,15-16H,3-5,8-9H2. The number of nitro groups is 1. The second-order valence-corrected chi connectivity index (χ2v) is 5.58. The summed E-state index contributed by atoms with van der Waals surface area (Å²) < 4.78 is 0. The van der Waals surface area contributed by atoms with E-state index in [2.05, 4.69) is 10.6 Å². The van der Waals surface area contributed by atoms with Gasteiger partial charge in [0, 0.05) is 24.2 Å². The van der Waals surface area contributed by atoms with E-state index >= 15 is 0 Å². The maximum atomic E-state index is 11.0. The fourth-order valence-corrected chi connectivity index (χ4v) is 3.36. The number of rotatable bonds is 3. The maximum absolute atomic E-state index is 11.0. The molecule has 102 valence electrons. The average Bonchev–Trinajstić information content (AvgIpc) is 2.38. The quantitative estimate of drug-likeness (QED) is 0.648. The smallest absolute Gasteiger partial charge is 0.292 e. The zero-order valence-corrected chi connectivity index (χ0v) is 10.8. The maximum Gasteiger partial charge on any atom is 0.292 e. The van der Waals surface area contributed by atoms with Gasteiger partial charge in [0.05, 0.1) is 4.92 Å². The minimum atomic E-state index is -0.315. The Bertz CT molecular complexity index is 466. The molecule has 19 heavy (non-hydrogen) atoms. The fraction of sp³-hybridized carbons (Fsp3) is 0.571. The molecule has 2 fully saturated rings. The van der Waals surface area contributed by atoms with Gasteiger partial charge in [-0.3, -0.25) is 10.1 Å². The molecular formula is C14H19N3O2. The molecule has 0 aliphatic carbocycles. The first-order chi connectivity index (χ1) is 9.22. The molecule has 0 spiro atoms. The topological polar surface area (TPSA) is 67.2 Å². The van der Waals surface area contributed by atoms with Crippen molar-refractivity contribution >= 4 is 11.4 Å². The summed E-state index contributed by atoms with van der Waals surface area (Å²) >= 11 is 0. The largest absolute Gasteiger partial charge is 0.377 e. The molecule has 1 aromatic rings. The average molecular weight is 261 g/mol. The molecule has 5 nitrogen and oxygen atoms in total. The first kappa shape index (κ1) is 12.4. The van der Waals surface area contributed by atoms with Crippen LogP contribution in [0.4, 0.5) is 11.4 Å². The Morgan fingerprint density at radius 1 is 1.21 bits per heavy atom. The van der Waals surface area contributed by atoms with Crippen molar-refractivity contribution in [3.8, 4) is 0 Å². The van der Waals surface area contributed by atoms with Gasteiger partial charge in [0.2, 0.25) is 0 Å². The van der Waals surface area contributed by atoms with Crippen LogP contribution in [0.1, 0.15) is 32.1 Å². The Morgan fingerprint density at radius 3 is 2.58 bits per heavy atom. The van der Waals surface area contributed by atoms with E-state index in [9.17, 15) is 10.1 Å². The highest BCUT2D eigenvalue weighted by Gasteiger charge is 2.31. The van der Waals surface area contributed by atoms with Crippen LogP contribution in [-0.2, 0) is 0 Å². The van der Waals surface area contributed by atoms with Crippen LogP contribution >= 0.6 is 0 Å². The van der Waals surface area contributed by atoms with Crippen LogP contribution in [-0.4, -0.2) is 23.0 Å². The Hall–Kier alpha value is -1.62. The molecule has 2 heterocycles. The lowest BCUT2D eigenvalue weighted by Gasteiger charge is -2.40. The molecule has 1 aromatic carbocycles. The Morgan fingerprint density at radius 2 is 1.89 bits per heavy atom. The molecule has 0 aromatic heterocycles. The normalized spacial score (nSPS) is 29.8. The molecule has 0 radical (unpaired) electrons. The van der Waals surface area contributed by atoms with E-state index in [0.29, 0.717) is 23.8 Å². The number of fused-ring (bicyclic) bond motifs is 2. The van der Waals surface area contributed by atoms with E-state index < -0.39 is 0 Å². The van der Waals surface area contributed by atoms with E-state index in [4.69, 9.17) is 0 Å². The van der Waals surface area contributed by atoms with E-state index in [-0.39, 0.29) is 10.6 Å². The number of hydrogen-bond acceptors (Lipinski definition) is 4. The first-order valence-electron chi connectivity index (χ1n) is 6.98. The highest BCUT2D eigenvalue weighted by Crippen LogP contribution is 2.30. The second-order valence-electron chi connectivity index (χ2n) is 5.58. The van der Waals surface area contributed by atoms with Crippen LogP contribution in [0, 0.1) is 10.1 Å². The lowest BCUT2D eigenvalue weighted by molar-refractivity contribution is -0.384.